The van der Waals surface area contributed by atoms with Crippen LogP contribution < -0.4 is 11.1 Å². The first-order valence-electron chi connectivity index (χ1n) is 6.28. The Morgan fingerprint density at radius 2 is 2.12 bits per heavy atom. The zero-order valence-electron chi connectivity index (χ0n) is 11.4. The fourth-order valence-electron chi connectivity index (χ4n) is 1.43. The smallest absolute Gasteiger partial charge is 0.234 e. The topological polar surface area (TPSA) is 67.6 Å². The van der Waals surface area contributed by atoms with Gasteiger partial charge in [0, 0.05) is 33.3 Å². The molecule has 0 aromatic carbocycles. The maximum atomic E-state index is 11.6. The van der Waals surface area contributed by atoms with Crippen molar-refractivity contribution in [2.45, 2.75) is 20.3 Å². The lowest BCUT2D eigenvalue weighted by Gasteiger charge is -2.20. The lowest BCUT2D eigenvalue weighted by atomic mass is 10.1. The van der Waals surface area contributed by atoms with Gasteiger partial charge < -0.3 is 15.8 Å². The van der Waals surface area contributed by atoms with Crippen molar-refractivity contribution in [2.24, 2.45) is 11.7 Å². The molecule has 0 unspecified atom stereocenters. The van der Waals surface area contributed by atoms with E-state index in [1.165, 1.54) is 0 Å². The van der Waals surface area contributed by atoms with Gasteiger partial charge in [-0.25, -0.2) is 0 Å². The Bertz CT molecular complexity index is 198. The first kappa shape index (κ1) is 16.4. The summed E-state index contributed by atoms with van der Waals surface area (Å²) in [6.45, 7) is 8.08. The quantitative estimate of drug-likeness (QED) is 0.571. The Kier molecular flexibility index (Phi) is 10.1. The van der Waals surface area contributed by atoms with Gasteiger partial charge in [-0.1, -0.05) is 13.8 Å². The third-order valence-electron chi connectivity index (χ3n) is 2.47. The molecule has 0 bridgehead atoms. The van der Waals surface area contributed by atoms with Crippen LogP contribution in [0.5, 0.6) is 0 Å². The lowest BCUT2D eigenvalue weighted by molar-refractivity contribution is -0.122. The molecule has 0 aliphatic rings. The fraction of sp³-hybridized carbons (Fsp3) is 0.917. The average molecular weight is 245 g/mol. The van der Waals surface area contributed by atoms with Gasteiger partial charge in [0.2, 0.25) is 5.91 Å². The summed E-state index contributed by atoms with van der Waals surface area (Å²) in [5.74, 6) is 0.680. The van der Waals surface area contributed by atoms with Gasteiger partial charge in [-0.3, -0.25) is 9.69 Å². The predicted octanol–water partition coefficient (Wildman–Crippen LogP) is 0.0558. The number of ether oxygens (including phenoxy) is 1. The number of nitrogens with one attached hydrogen (secondary N) is 1. The van der Waals surface area contributed by atoms with Crippen LogP contribution in [0.3, 0.4) is 0 Å². The SMILES string of the molecule is COCCN(CCN)CC(=O)NCCC(C)C. The van der Waals surface area contributed by atoms with Crippen LogP contribution in [0.15, 0.2) is 0 Å². The first-order valence-corrected chi connectivity index (χ1v) is 6.28. The molecule has 5 nitrogen and oxygen atoms in total. The van der Waals surface area contributed by atoms with Crippen molar-refractivity contribution in [1.82, 2.24) is 10.2 Å². The fourth-order valence-corrected chi connectivity index (χ4v) is 1.43. The second-order valence-electron chi connectivity index (χ2n) is 4.59. The van der Waals surface area contributed by atoms with E-state index in [-0.39, 0.29) is 5.91 Å². The molecule has 0 aliphatic carbocycles. The summed E-state index contributed by atoms with van der Waals surface area (Å²) < 4.78 is 5.00. The number of nitrogens with two attached hydrogens (primary N) is 1. The van der Waals surface area contributed by atoms with E-state index in [1.54, 1.807) is 7.11 Å². The van der Waals surface area contributed by atoms with E-state index in [4.69, 9.17) is 10.5 Å². The minimum absolute atomic E-state index is 0.0650. The number of nitrogens with zero attached hydrogens (tertiary/aromatic N) is 1. The van der Waals surface area contributed by atoms with Gasteiger partial charge >= 0.3 is 0 Å². The number of methoxy groups -OCH3 is 1. The van der Waals surface area contributed by atoms with Gasteiger partial charge in [0.15, 0.2) is 0 Å². The van der Waals surface area contributed by atoms with Crippen LogP contribution in [0.25, 0.3) is 0 Å². The Hall–Kier alpha value is -0.650. The zero-order valence-corrected chi connectivity index (χ0v) is 11.4. The summed E-state index contributed by atoms with van der Waals surface area (Å²) in [4.78, 5) is 13.6. The van der Waals surface area contributed by atoms with Crippen molar-refractivity contribution in [3.8, 4) is 0 Å². The van der Waals surface area contributed by atoms with E-state index in [9.17, 15) is 4.79 Å². The largest absolute Gasteiger partial charge is 0.383 e. The predicted molar refractivity (Wildman–Crippen MR) is 69.8 cm³/mol. The van der Waals surface area contributed by atoms with Gasteiger partial charge in [-0.2, -0.15) is 0 Å². The Balaban J connectivity index is 3.77. The molecule has 0 aromatic heterocycles. The summed E-state index contributed by atoms with van der Waals surface area (Å²) in [5.41, 5.74) is 5.50. The van der Waals surface area contributed by atoms with E-state index < -0.39 is 0 Å². The van der Waals surface area contributed by atoms with Crippen molar-refractivity contribution >= 4 is 5.91 Å². The molecule has 17 heavy (non-hydrogen) atoms. The molecule has 0 saturated heterocycles. The first-order chi connectivity index (χ1) is 8.10. The minimum atomic E-state index is 0.0650. The lowest BCUT2D eigenvalue weighted by Crippen LogP contribution is -2.41. The highest BCUT2D eigenvalue weighted by Crippen LogP contribution is 1.96. The standard InChI is InChI=1S/C12H27N3O2/c1-11(2)4-6-14-12(16)10-15(7-5-13)8-9-17-3/h11H,4-10,13H2,1-3H3,(H,14,16). The van der Waals surface area contributed by atoms with Gasteiger partial charge in [-0.15, -0.1) is 0 Å². The minimum Gasteiger partial charge on any atom is -0.383 e. The maximum Gasteiger partial charge on any atom is 0.234 e. The highest BCUT2D eigenvalue weighted by atomic mass is 16.5. The highest BCUT2D eigenvalue weighted by Gasteiger charge is 2.09. The molecule has 0 rings (SSSR count). The summed E-state index contributed by atoms with van der Waals surface area (Å²) in [7, 11) is 1.66. The molecular weight excluding hydrogens is 218 g/mol. The normalized spacial score (nSPS) is 11.2. The van der Waals surface area contributed by atoms with Gasteiger partial charge in [-0.05, 0) is 12.3 Å². The highest BCUT2D eigenvalue weighted by molar-refractivity contribution is 5.77. The van der Waals surface area contributed by atoms with E-state index in [0.29, 0.717) is 25.6 Å². The van der Waals surface area contributed by atoms with Crippen molar-refractivity contribution in [1.29, 1.82) is 0 Å². The number of hydrogen-bond acceptors (Lipinski definition) is 4. The van der Waals surface area contributed by atoms with E-state index in [1.807, 2.05) is 4.90 Å². The zero-order chi connectivity index (χ0) is 13.1. The molecule has 0 aliphatic heterocycles. The van der Waals surface area contributed by atoms with Gasteiger partial charge in [0.25, 0.3) is 0 Å². The number of amides is 1. The molecule has 0 radical (unpaired) electrons. The number of hydrogen-bond donors (Lipinski definition) is 2. The molecule has 0 spiro atoms. The number of carbonyl (C=O) groups is 1. The van der Waals surface area contributed by atoms with Crippen LogP contribution in [0.2, 0.25) is 0 Å². The number of carbonyl (C=O) groups excluding carboxylic acids is 1. The molecule has 3 N–H and O–H groups in total. The molecule has 0 atom stereocenters. The molecule has 1 amide bonds. The summed E-state index contributed by atoms with van der Waals surface area (Å²) in [5, 5.41) is 2.92. The van der Waals surface area contributed by atoms with E-state index in [0.717, 1.165) is 26.1 Å². The second kappa shape index (κ2) is 10.5. The molecule has 0 fully saturated rings. The van der Waals surface area contributed by atoms with Crippen LogP contribution in [0, 0.1) is 5.92 Å². The van der Waals surface area contributed by atoms with Crippen LogP contribution in [0.1, 0.15) is 20.3 Å². The summed E-state index contributed by atoms with van der Waals surface area (Å²) in [6, 6.07) is 0. The molecule has 0 aromatic rings. The monoisotopic (exact) mass is 245 g/mol. The average Bonchev–Trinajstić information content (AvgIpc) is 2.25. The van der Waals surface area contributed by atoms with Crippen molar-refractivity contribution in [3.05, 3.63) is 0 Å². The Labute approximate surface area is 105 Å². The summed E-state index contributed by atoms with van der Waals surface area (Å²) >= 11 is 0. The van der Waals surface area contributed by atoms with Crippen molar-refractivity contribution in [3.63, 3.8) is 0 Å². The second-order valence-corrected chi connectivity index (χ2v) is 4.59. The summed E-state index contributed by atoms with van der Waals surface area (Å²) in [6.07, 6.45) is 1.01. The third kappa shape index (κ3) is 10.2. The molecule has 0 saturated carbocycles. The Morgan fingerprint density at radius 1 is 1.41 bits per heavy atom. The van der Waals surface area contributed by atoms with Gasteiger partial charge in [0.1, 0.15) is 0 Å². The van der Waals surface area contributed by atoms with E-state index in [2.05, 4.69) is 19.2 Å². The van der Waals surface area contributed by atoms with Crippen molar-refractivity contribution < 1.29 is 9.53 Å². The van der Waals surface area contributed by atoms with Crippen LogP contribution in [-0.4, -0.2) is 57.2 Å². The number of rotatable bonds is 10. The Morgan fingerprint density at radius 3 is 2.65 bits per heavy atom. The molecular formula is C12H27N3O2. The maximum absolute atomic E-state index is 11.6. The van der Waals surface area contributed by atoms with Crippen molar-refractivity contribution in [2.75, 3.05) is 46.4 Å². The third-order valence-corrected chi connectivity index (χ3v) is 2.47. The van der Waals surface area contributed by atoms with Crippen LogP contribution in [-0.2, 0) is 9.53 Å². The molecule has 5 heteroatoms. The van der Waals surface area contributed by atoms with Gasteiger partial charge in [0.05, 0.1) is 13.2 Å². The molecule has 102 valence electrons. The van der Waals surface area contributed by atoms with Crippen LogP contribution in [0.4, 0.5) is 0 Å². The van der Waals surface area contributed by atoms with Crippen LogP contribution >= 0.6 is 0 Å². The van der Waals surface area contributed by atoms with E-state index >= 15 is 0 Å². The molecule has 0 heterocycles.